The molecule has 0 unspecified atom stereocenters. The van der Waals surface area contributed by atoms with Crippen LogP contribution in [0.1, 0.15) is 35.3 Å². The fourth-order valence-corrected chi connectivity index (χ4v) is 1.74. The van der Waals surface area contributed by atoms with Crippen molar-refractivity contribution in [2.24, 2.45) is 5.73 Å². The van der Waals surface area contributed by atoms with Crippen molar-refractivity contribution in [3.05, 3.63) is 32.9 Å². The summed E-state index contributed by atoms with van der Waals surface area (Å²) in [6.07, 6.45) is 0.805. The summed E-state index contributed by atoms with van der Waals surface area (Å²) >= 11 is 2.01. The van der Waals surface area contributed by atoms with Gasteiger partial charge in [0.1, 0.15) is 0 Å². The summed E-state index contributed by atoms with van der Waals surface area (Å²) in [7, 11) is 0. The summed E-state index contributed by atoms with van der Waals surface area (Å²) in [6.45, 7) is 1.98. The van der Waals surface area contributed by atoms with E-state index in [4.69, 9.17) is 10.8 Å². The molecular formula is C10H12INO2. The lowest BCUT2D eigenvalue weighted by molar-refractivity contribution is 0.0695. The Kier molecular flexibility index (Phi) is 3.88. The Balaban J connectivity index is 3.12. The van der Waals surface area contributed by atoms with Crippen molar-refractivity contribution in [1.82, 2.24) is 0 Å². The van der Waals surface area contributed by atoms with E-state index in [2.05, 4.69) is 0 Å². The minimum absolute atomic E-state index is 0.0786. The van der Waals surface area contributed by atoms with Gasteiger partial charge in [0, 0.05) is 9.61 Å². The van der Waals surface area contributed by atoms with Gasteiger partial charge in [-0.2, -0.15) is 0 Å². The topological polar surface area (TPSA) is 63.3 Å². The lowest BCUT2D eigenvalue weighted by Crippen LogP contribution is -2.10. The molecule has 0 spiro atoms. The van der Waals surface area contributed by atoms with Crippen LogP contribution < -0.4 is 5.73 Å². The summed E-state index contributed by atoms with van der Waals surface area (Å²) in [5.41, 5.74) is 7.02. The number of aromatic carboxylic acids is 1. The summed E-state index contributed by atoms with van der Waals surface area (Å²) in [6, 6.07) is 5.24. The monoisotopic (exact) mass is 305 g/mol. The van der Waals surface area contributed by atoms with Crippen molar-refractivity contribution in [2.45, 2.75) is 19.4 Å². The van der Waals surface area contributed by atoms with Crippen LogP contribution in [0.3, 0.4) is 0 Å². The van der Waals surface area contributed by atoms with Crippen molar-refractivity contribution < 1.29 is 9.90 Å². The summed E-state index contributed by atoms with van der Waals surface area (Å²) < 4.78 is 0.738. The smallest absolute Gasteiger partial charge is 0.336 e. The van der Waals surface area contributed by atoms with Crippen molar-refractivity contribution in [3.63, 3.8) is 0 Å². The lowest BCUT2D eigenvalue weighted by atomic mass is 10.0. The molecule has 3 N–H and O–H groups in total. The first-order valence-corrected chi connectivity index (χ1v) is 5.42. The largest absolute Gasteiger partial charge is 0.478 e. The Labute approximate surface area is 96.4 Å². The van der Waals surface area contributed by atoms with E-state index in [1.54, 1.807) is 12.1 Å². The average molecular weight is 305 g/mol. The van der Waals surface area contributed by atoms with Crippen molar-refractivity contribution >= 4 is 28.6 Å². The van der Waals surface area contributed by atoms with E-state index in [9.17, 15) is 4.79 Å². The first-order chi connectivity index (χ1) is 6.56. The van der Waals surface area contributed by atoms with E-state index in [1.165, 1.54) is 0 Å². The number of carboxylic acids is 1. The minimum atomic E-state index is -0.903. The molecule has 0 aliphatic rings. The fourth-order valence-electron chi connectivity index (χ4n) is 1.17. The molecule has 3 nitrogen and oxygen atoms in total. The van der Waals surface area contributed by atoms with Crippen molar-refractivity contribution in [3.8, 4) is 0 Å². The van der Waals surface area contributed by atoms with Gasteiger partial charge >= 0.3 is 5.97 Å². The zero-order valence-electron chi connectivity index (χ0n) is 7.83. The molecule has 0 saturated carbocycles. The van der Waals surface area contributed by atoms with Gasteiger partial charge in [-0.05, 0) is 46.7 Å². The molecule has 0 fully saturated rings. The Morgan fingerprint density at radius 2 is 2.29 bits per heavy atom. The van der Waals surface area contributed by atoms with Crippen LogP contribution in [-0.4, -0.2) is 11.1 Å². The highest BCUT2D eigenvalue weighted by Gasteiger charge is 2.11. The normalized spacial score (nSPS) is 12.5. The van der Waals surface area contributed by atoms with Crippen LogP contribution >= 0.6 is 22.6 Å². The van der Waals surface area contributed by atoms with Gasteiger partial charge in [-0.1, -0.05) is 13.0 Å². The molecule has 0 radical (unpaired) electrons. The first kappa shape index (κ1) is 11.5. The third kappa shape index (κ3) is 2.45. The number of hydrogen-bond acceptors (Lipinski definition) is 2. The zero-order valence-corrected chi connectivity index (χ0v) is 9.98. The van der Waals surface area contributed by atoms with E-state index < -0.39 is 5.97 Å². The Hall–Kier alpha value is -0.620. The van der Waals surface area contributed by atoms with Crippen molar-refractivity contribution in [1.29, 1.82) is 0 Å². The number of nitrogens with two attached hydrogens (primary N) is 1. The molecule has 14 heavy (non-hydrogen) atoms. The van der Waals surface area contributed by atoms with Gasteiger partial charge in [0.2, 0.25) is 0 Å². The number of halogens is 1. The summed E-state index contributed by atoms with van der Waals surface area (Å²) in [5, 5.41) is 8.90. The van der Waals surface area contributed by atoms with Gasteiger partial charge in [-0.15, -0.1) is 0 Å². The van der Waals surface area contributed by atoms with Crippen LogP contribution in [0, 0.1) is 3.57 Å². The van der Waals surface area contributed by atoms with Crippen LogP contribution in [-0.2, 0) is 0 Å². The Morgan fingerprint density at radius 3 is 2.79 bits per heavy atom. The molecule has 4 heteroatoms. The molecule has 0 aliphatic carbocycles. The molecule has 1 rings (SSSR count). The highest BCUT2D eigenvalue weighted by atomic mass is 127. The fraction of sp³-hybridized carbons (Fsp3) is 0.300. The third-order valence-corrected chi connectivity index (χ3v) is 3.03. The molecule has 0 aromatic heterocycles. The molecule has 1 aromatic carbocycles. The van der Waals surface area contributed by atoms with E-state index in [-0.39, 0.29) is 6.04 Å². The maximum Gasteiger partial charge on any atom is 0.336 e. The molecule has 0 bridgehead atoms. The maximum atomic E-state index is 10.8. The SMILES string of the molecule is CC[C@@H](N)c1ccc(I)c(C(=O)O)c1. The Morgan fingerprint density at radius 1 is 1.64 bits per heavy atom. The zero-order chi connectivity index (χ0) is 10.7. The van der Waals surface area contributed by atoms with Crippen LogP contribution in [0.2, 0.25) is 0 Å². The van der Waals surface area contributed by atoms with Crippen LogP contribution in [0.15, 0.2) is 18.2 Å². The Bertz CT molecular complexity index is 352. The highest BCUT2D eigenvalue weighted by Crippen LogP contribution is 2.19. The summed E-state index contributed by atoms with van der Waals surface area (Å²) in [4.78, 5) is 10.8. The van der Waals surface area contributed by atoms with E-state index >= 15 is 0 Å². The van der Waals surface area contributed by atoms with Gasteiger partial charge in [0.25, 0.3) is 0 Å². The van der Waals surface area contributed by atoms with Crippen LogP contribution in [0.4, 0.5) is 0 Å². The lowest BCUT2D eigenvalue weighted by Gasteiger charge is -2.10. The standard InChI is InChI=1S/C10H12INO2/c1-2-9(12)6-3-4-8(11)7(5-6)10(13)14/h3-5,9H,2,12H2,1H3,(H,13,14)/t9-/m1/s1. The maximum absolute atomic E-state index is 10.8. The molecule has 1 atom stereocenters. The second-order valence-corrected chi connectivity index (χ2v) is 4.22. The minimum Gasteiger partial charge on any atom is -0.478 e. The molecule has 0 amide bonds. The van der Waals surface area contributed by atoms with E-state index in [1.807, 2.05) is 35.6 Å². The molecule has 0 heterocycles. The number of hydrogen-bond donors (Lipinski definition) is 2. The number of benzene rings is 1. The third-order valence-electron chi connectivity index (χ3n) is 2.09. The predicted octanol–water partition coefficient (Wildman–Crippen LogP) is 2.40. The molecule has 76 valence electrons. The van der Waals surface area contributed by atoms with Gasteiger partial charge in [0.15, 0.2) is 0 Å². The highest BCUT2D eigenvalue weighted by molar-refractivity contribution is 14.1. The van der Waals surface area contributed by atoms with Crippen molar-refractivity contribution in [2.75, 3.05) is 0 Å². The molecule has 0 saturated heterocycles. The molecular weight excluding hydrogens is 293 g/mol. The quantitative estimate of drug-likeness (QED) is 0.843. The number of carbonyl (C=O) groups is 1. The second kappa shape index (κ2) is 4.75. The van der Waals surface area contributed by atoms with E-state index in [0.717, 1.165) is 15.6 Å². The van der Waals surface area contributed by atoms with Gasteiger partial charge in [-0.3, -0.25) is 0 Å². The van der Waals surface area contributed by atoms with Gasteiger partial charge in [0.05, 0.1) is 5.56 Å². The summed E-state index contributed by atoms with van der Waals surface area (Å²) in [5.74, 6) is -0.903. The van der Waals surface area contributed by atoms with Crippen LogP contribution in [0.5, 0.6) is 0 Å². The number of rotatable bonds is 3. The number of carboxylic acid groups (broad SMARTS) is 1. The van der Waals surface area contributed by atoms with E-state index in [0.29, 0.717) is 5.56 Å². The average Bonchev–Trinajstić information content (AvgIpc) is 2.17. The molecule has 0 aliphatic heterocycles. The van der Waals surface area contributed by atoms with Crippen LogP contribution in [0.25, 0.3) is 0 Å². The predicted molar refractivity (Wildman–Crippen MR) is 63.3 cm³/mol. The second-order valence-electron chi connectivity index (χ2n) is 3.06. The van der Waals surface area contributed by atoms with Gasteiger partial charge in [-0.25, -0.2) is 4.79 Å². The first-order valence-electron chi connectivity index (χ1n) is 4.34. The van der Waals surface area contributed by atoms with Gasteiger partial charge < -0.3 is 10.8 Å². The molecule has 1 aromatic rings.